The summed E-state index contributed by atoms with van der Waals surface area (Å²) in [7, 11) is 1.68. The van der Waals surface area contributed by atoms with Crippen LogP contribution >= 0.6 is 0 Å². The van der Waals surface area contributed by atoms with E-state index in [1.54, 1.807) is 31.5 Å². The highest BCUT2D eigenvalue weighted by molar-refractivity contribution is 5.23. The van der Waals surface area contributed by atoms with Gasteiger partial charge in [-0.15, -0.1) is 0 Å². The zero-order valence-electron chi connectivity index (χ0n) is 11.2. The Morgan fingerprint density at radius 3 is 3.10 bits per heavy atom. The number of hydrogen-bond donors (Lipinski definition) is 2. The van der Waals surface area contributed by atoms with Crippen LogP contribution in [0.5, 0.6) is 5.75 Å². The smallest absolute Gasteiger partial charge is 0.255 e. The van der Waals surface area contributed by atoms with Gasteiger partial charge in [0.15, 0.2) is 0 Å². The van der Waals surface area contributed by atoms with E-state index in [4.69, 9.17) is 9.84 Å². The number of hydrogen-bond acceptors (Lipinski definition) is 6. The van der Waals surface area contributed by atoms with E-state index < -0.39 is 6.04 Å². The van der Waals surface area contributed by atoms with Crippen LogP contribution in [0.15, 0.2) is 30.1 Å². The maximum absolute atomic E-state index is 11.0. The highest BCUT2D eigenvalue weighted by Gasteiger charge is 2.33. The molecule has 1 aromatic rings. The molecule has 2 rings (SSSR count). The zero-order chi connectivity index (χ0) is 14.5. The van der Waals surface area contributed by atoms with Crippen molar-refractivity contribution in [1.29, 1.82) is 0 Å². The van der Waals surface area contributed by atoms with E-state index in [1.807, 2.05) is 0 Å². The van der Waals surface area contributed by atoms with E-state index in [9.17, 15) is 10.1 Å². The number of aliphatic hydroxyl groups excluding tert-OH is 1. The molecule has 1 aliphatic carbocycles. The molecular weight excluding hydrogens is 262 g/mol. The molecule has 1 aliphatic rings. The van der Waals surface area contributed by atoms with E-state index in [0.717, 1.165) is 0 Å². The normalized spacial score (nSPS) is 22.0. The monoisotopic (exact) mass is 279 g/mol. The summed E-state index contributed by atoms with van der Waals surface area (Å²) in [6, 6.07) is 2.55. The minimum atomic E-state index is -0.766. The Balaban J connectivity index is 2.07. The summed E-state index contributed by atoms with van der Waals surface area (Å²) in [5.41, 5.74) is 1.14. The predicted octanol–water partition coefficient (Wildman–Crippen LogP) is 0.864. The molecule has 0 saturated heterocycles. The van der Waals surface area contributed by atoms with Gasteiger partial charge < -0.3 is 15.2 Å². The van der Waals surface area contributed by atoms with Crippen LogP contribution in [0.2, 0.25) is 0 Å². The van der Waals surface area contributed by atoms with Crippen molar-refractivity contribution >= 4 is 0 Å². The van der Waals surface area contributed by atoms with E-state index in [2.05, 4.69) is 10.3 Å². The largest absolute Gasteiger partial charge is 0.490 e. The van der Waals surface area contributed by atoms with Crippen molar-refractivity contribution in [2.45, 2.75) is 31.6 Å². The first-order valence-electron chi connectivity index (χ1n) is 6.37. The third-order valence-electron chi connectivity index (χ3n) is 3.24. The molecular formula is C13H17N3O4. The van der Waals surface area contributed by atoms with E-state index in [1.165, 1.54) is 0 Å². The summed E-state index contributed by atoms with van der Waals surface area (Å²) < 4.78 is 5.74. The average Bonchev–Trinajstić information content (AvgIpc) is 2.47. The molecule has 2 N–H and O–H groups in total. The maximum atomic E-state index is 11.0. The fraction of sp³-hybridized carbons (Fsp3) is 0.462. The number of aromatic nitrogens is 1. The van der Waals surface area contributed by atoms with Crippen LogP contribution in [0.3, 0.4) is 0 Å². The quantitative estimate of drug-likeness (QED) is 0.613. The number of nitrogens with zero attached hydrogens (tertiary/aromatic N) is 2. The third kappa shape index (κ3) is 3.24. The first kappa shape index (κ1) is 14.3. The number of nitrogens with one attached hydrogen (secondary N) is 1. The van der Waals surface area contributed by atoms with Gasteiger partial charge in [-0.2, -0.15) is 0 Å². The lowest BCUT2D eigenvalue weighted by Crippen LogP contribution is -2.37. The summed E-state index contributed by atoms with van der Waals surface area (Å²) in [6.45, 7) is -0.163. The molecule has 0 aromatic carbocycles. The molecule has 0 bridgehead atoms. The van der Waals surface area contributed by atoms with Crippen molar-refractivity contribution < 1.29 is 14.8 Å². The van der Waals surface area contributed by atoms with Gasteiger partial charge in [0.2, 0.25) is 0 Å². The zero-order valence-corrected chi connectivity index (χ0v) is 11.2. The minimum absolute atomic E-state index is 0.163. The molecule has 2 unspecified atom stereocenters. The summed E-state index contributed by atoms with van der Waals surface area (Å²) in [4.78, 5) is 14.7. The van der Waals surface area contributed by atoms with Gasteiger partial charge >= 0.3 is 0 Å². The van der Waals surface area contributed by atoms with Crippen LogP contribution in [0.25, 0.3) is 0 Å². The highest BCUT2D eigenvalue weighted by atomic mass is 16.6. The second-order valence-electron chi connectivity index (χ2n) is 4.56. The first-order valence-corrected chi connectivity index (χ1v) is 6.37. The molecule has 108 valence electrons. The minimum Gasteiger partial charge on any atom is -0.490 e. The van der Waals surface area contributed by atoms with Crippen LogP contribution in [0.1, 0.15) is 18.5 Å². The molecule has 0 aliphatic heterocycles. The molecule has 1 heterocycles. The highest BCUT2D eigenvalue weighted by Crippen LogP contribution is 2.24. The standard InChI is InChI=1S/C13H17N3O4/c1-14-12-3-2-10(7-13(12)16(18)19)20-11-4-5-15-9(6-11)8-17/h3-6,10,13-14,17H,2,7-8H2,1H3. The van der Waals surface area contributed by atoms with Crippen LogP contribution in [0.4, 0.5) is 0 Å². The lowest BCUT2D eigenvalue weighted by Gasteiger charge is -2.25. The van der Waals surface area contributed by atoms with Crippen LogP contribution in [-0.4, -0.2) is 34.2 Å². The van der Waals surface area contributed by atoms with Crippen molar-refractivity contribution in [3.8, 4) is 5.75 Å². The molecule has 7 heteroatoms. The Morgan fingerprint density at radius 2 is 2.45 bits per heavy atom. The topological polar surface area (TPSA) is 97.5 Å². The van der Waals surface area contributed by atoms with Crippen LogP contribution < -0.4 is 10.1 Å². The fourth-order valence-corrected chi connectivity index (χ4v) is 2.24. The molecule has 0 saturated carbocycles. The molecule has 0 spiro atoms. The second kappa shape index (κ2) is 6.33. The van der Waals surface area contributed by atoms with Gasteiger partial charge in [0.1, 0.15) is 11.9 Å². The molecule has 7 nitrogen and oxygen atoms in total. The van der Waals surface area contributed by atoms with E-state index in [-0.39, 0.29) is 17.6 Å². The lowest BCUT2D eigenvalue weighted by atomic mass is 9.97. The second-order valence-corrected chi connectivity index (χ2v) is 4.56. The number of nitro groups is 1. The van der Waals surface area contributed by atoms with Gasteiger partial charge in [0.05, 0.1) is 24.4 Å². The lowest BCUT2D eigenvalue weighted by molar-refractivity contribution is -0.516. The number of ether oxygens (including phenoxy) is 1. The van der Waals surface area contributed by atoms with Gasteiger partial charge in [-0.05, 0) is 6.07 Å². The van der Waals surface area contributed by atoms with Gasteiger partial charge in [0.25, 0.3) is 6.04 Å². The summed E-state index contributed by atoms with van der Waals surface area (Å²) in [5.74, 6) is 0.567. The van der Waals surface area contributed by atoms with Crippen LogP contribution in [-0.2, 0) is 6.61 Å². The van der Waals surface area contributed by atoms with Crippen LogP contribution in [0, 0.1) is 10.1 Å². The van der Waals surface area contributed by atoms with Gasteiger partial charge in [0, 0.05) is 30.7 Å². The Hall–Kier alpha value is -2.15. The van der Waals surface area contributed by atoms with E-state index >= 15 is 0 Å². The number of rotatable bonds is 5. The molecule has 1 aromatic heterocycles. The van der Waals surface area contributed by atoms with Gasteiger partial charge in [-0.3, -0.25) is 15.1 Å². The summed E-state index contributed by atoms with van der Waals surface area (Å²) >= 11 is 0. The predicted molar refractivity (Wildman–Crippen MR) is 71.7 cm³/mol. The number of pyridine rings is 1. The molecule has 0 radical (unpaired) electrons. The maximum Gasteiger partial charge on any atom is 0.255 e. The van der Waals surface area contributed by atoms with E-state index in [0.29, 0.717) is 30.0 Å². The van der Waals surface area contributed by atoms with Gasteiger partial charge in [-0.25, -0.2) is 0 Å². The molecule has 0 fully saturated rings. The van der Waals surface area contributed by atoms with Crippen molar-refractivity contribution in [2.24, 2.45) is 0 Å². The SMILES string of the molecule is CNC1=CCC(Oc2ccnc(CO)c2)CC1[N+](=O)[O-]. The summed E-state index contributed by atoms with van der Waals surface area (Å²) in [6.07, 6.45) is 4.02. The van der Waals surface area contributed by atoms with Crippen molar-refractivity contribution in [3.63, 3.8) is 0 Å². The van der Waals surface area contributed by atoms with Crippen molar-refractivity contribution in [3.05, 3.63) is 45.9 Å². The van der Waals surface area contributed by atoms with Crippen molar-refractivity contribution in [2.75, 3.05) is 7.05 Å². The third-order valence-corrected chi connectivity index (χ3v) is 3.24. The Bertz CT molecular complexity index is 518. The number of aliphatic hydroxyl groups is 1. The summed E-state index contributed by atoms with van der Waals surface area (Å²) in [5, 5.41) is 22.9. The fourth-order valence-electron chi connectivity index (χ4n) is 2.24. The molecule has 2 atom stereocenters. The molecule has 0 amide bonds. The molecule has 20 heavy (non-hydrogen) atoms. The average molecular weight is 279 g/mol. The Kier molecular flexibility index (Phi) is 4.52. The number of likely N-dealkylation sites (N-methyl/N-ethyl adjacent to an activating group) is 1. The van der Waals surface area contributed by atoms with Gasteiger partial charge in [-0.1, -0.05) is 6.08 Å². The first-order chi connectivity index (χ1) is 9.63. The Morgan fingerprint density at radius 1 is 1.65 bits per heavy atom. The van der Waals surface area contributed by atoms with Crippen molar-refractivity contribution in [1.82, 2.24) is 10.3 Å². The Labute approximate surface area is 116 Å².